The van der Waals surface area contributed by atoms with Crippen molar-refractivity contribution in [2.45, 2.75) is 51.3 Å². The molecule has 5 rings (SSSR count). The molecule has 0 radical (unpaired) electrons. The maximum atomic E-state index is 13.0. The first kappa shape index (κ1) is 25.2. The van der Waals surface area contributed by atoms with Crippen molar-refractivity contribution in [2.75, 3.05) is 27.2 Å². The Bertz CT molecular complexity index is 1340. The van der Waals surface area contributed by atoms with Crippen LogP contribution in [0.5, 0.6) is 5.75 Å². The van der Waals surface area contributed by atoms with E-state index < -0.39 is 0 Å². The number of carbonyl (C=O) groups is 1. The molecule has 2 heterocycles. The van der Waals surface area contributed by atoms with E-state index in [0.717, 1.165) is 59.1 Å². The molecule has 2 atom stereocenters. The van der Waals surface area contributed by atoms with Crippen molar-refractivity contribution < 1.29 is 9.53 Å². The van der Waals surface area contributed by atoms with Crippen molar-refractivity contribution >= 4 is 17.4 Å². The quantitative estimate of drug-likeness (QED) is 0.503. The summed E-state index contributed by atoms with van der Waals surface area (Å²) in [5.74, 6) is 0.575. The number of nitrogens with one attached hydrogen (secondary N) is 1. The Balaban J connectivity index is 1.34. The van der Waals surface area contributed by atoms with E-state index in [1.165, 1.54) is 16.9 Å². The monoisotopic (exact) mass is 516 g/mol. The number of hydrogen-bond acceptors (Lipinski definition) is 7. The molecule has 0 saturated carbocycles. The molecule has 1 aliphatic heterocycles. The fourth-order valence-corrected chi connectivity index (χ4v) is 6.04. The van der Waals surface area contributed by atoms with Crippen molar-refractivity contribution in [3.05, 3.63) is 53.1 Å². The average Bonchev–Trinajstić information content (AvgIpc) is 3.64. The van der Waals surface area contributed by atoms with Gasteiger partial charge in [0.25, 0.3) is 0 Å². The zero-order valence-corrected chi connectivity index (χ0v) is 22.5. The van der Waals surface area contributed by atoms with Gasteiger partial charge in [-0.3, -0.25) is 0 Å². The second-order valence-corrected chi connectivity index (χ2v) is 11.1. The van der Waals surface area contributed by atoms with Gasteiger partial charge in [-0.15, -0.1) is 10.2 Å². The minimum atomic E-state index is -0.00909. The molecular formula is C28H32N6O2S. The van der Waals surface area contributed by atoms with Crippen LogP contribution in [-0.2, 0) is 6.42 Å². The average molecular weight is 517 g/mol. The first-order chi connectivity index (χ1) is 17.8. The van der Waals surface area contributed by atoms with Crippen LogP contribution in [0.3, 0.4) is 0 Å². The summed E-state index contributed by atoms with van der Waals surface area (Å²) in [6.07, 6.45) is 2.75. The number of likely N-dealkylation sites (N-methyl/N-ethyl adjacent to an activating group) is 1. The van der Waals surface area contributed by atoms with Crippen LogP contribution < -0.4 is 10.1 Å². The van der Waals surface area contributed by atoms with Gasteiger partial charge in [0.15, 0.2) is 0 Å². The van der Waals surface area contributed by atoms with Crippen LogP contribution in [0.2, 0.25) is 0 Å². The minimum Gasteiger partial charge on any atom is -0.490 e. The lowest BCUT2D eigenvalue weighted by Gasteiger charge is -2.23. The second kappa shape index (κ2) is 10.5. The molecule has 2 aliphatic rings. The third-order valence-electron chi connectivity index (χ3n) is 7.11. The molecule has 2 amide bonds. The molecule has 1 N–H and O–H groups in total. The van der Waals surface area contributed by atoms with Gasteiger partial charge in [0.05, 0.1) is 17.7 Å². The van der Waals surface area contributed by atoms with Gasteiger partial charge in [0, 0.05) is 30.3 Å². The number of rotatable bonds is 6. The first-order valence-corrected chi connectivity index (χ1v) is 13.5. The maximum Gasteiger partial charge on any atom is 0.317 e. The number of aromatic nitrogens is 2. The number of amides is 2. The van der Waals surface area contributed by atoms with Crippen LogP contribution in [0.25, 0.3) is 21.1 Å². The highest BCUT2D eigenvalue weighted by molar-refractivity contribution is 7.17. The Morgan fingerprint density at radius 1 is 1.22 bits per heavy atom. The number of nitriles is 1. The number of nitrogens with zero attached hydrogens (tertiary/aromatic N) is 5. The summed E-state index contributed by atoms with van der Waals surface area (Å²) in [7, 11) is 4.14. The maximum absolute atomic E-state index is 13.0. The Morgan fingerprint density at radius 2 is 2.03 bits per heavy atom. The molecule has 37 heavy (non-hydrogen) atoms. The summed E-state index contributed by atoms with van der Waals surface area (Å²) in [6, 6.07) is 14.4. The number of fused-ring (bicyclic) bond motifs is 1. The predicted octanol–water partition coefficient (Wildman–Crippen LogP) is 4.86. The van der Waals surface area contributed by atoms with E-state index in [-0.39, 0.29) is 18.2 Å². The molecular weight excluding hydrogens is 484 g/mol. The summed E-state index contributed by atoms with van der Waals surface area (Å²) in [5.41, 5.74) is 4.77. The van der Waals surface area contributed by atoms with E-state index >= 15 is 0 Å². The van der Waals surface area contributed by atoms with Crippen molar-refractivity contribution in [2.24, 2.45) is 0 Å². The van der Waals surface area contributed by atoms with Crippen LogP contribution in [0.4, 0.5) is 4.79 Å². The Kier molecular flexibility index (Phi) is 7.13. The van der Waals surface area contributed by atoms with Crippen LogP contribution >= 0.6 is 11.3 Å². The van der Waals surface area contributed by atoms with E-state index in [1.807, 2.05) is 43.0 Å². The van der Waals surface area contributed by atoms with Gasteiger partial charge in [-0.1, -0.05) is 29.5 Å². The molecule has 2 aromatic carbocycles. The fraction of sp³-hybridized carbons (Fsp3) is 0.429. The number of urea groups is 1. The number of ether oxygens (including phenoxy) is 1. The van der Waals surface area contributed by atoms with Crippen molar-refractivity contribution in [3.63, 3.8) is 0 Å². The molecule has 8 nitrogen and oxygen atoms in total. The molecule has 1 fully saturated rings. The molecule has 1 saturated heterocycles. The van der Waals surface area contributed by atoms with Gasteiger partial charge in [0.1, 0.15) is 21.8 Å². The summed E-state index contributed by atoms with van der Waals surface area (Å²) >= 11 is 1.51. The topological polar surface area (TPSA) is 94.4 Å². The Labute approximate surface area is 221 Å². The van der Waals surface area contributed by atoms with Gasteiger partial charge < -0.3 is 19.9 Å². The van der Waals surface area contributed by atoms with Gasteiger partial charge in [-0.2, -0.15) is 5.26 Å². The molecule has 1 aromatic heterocycles. The normalized spacial score (nSPS) is 18.8. The summed E-state index contributed by atoms with van der Waals surface area (Å²) < 4.78 is 5.75. The standard InChI is InChI=1S/C28H32N6O2S/c1-17(2)36-25-11-8-18(14-19(25)15-29)26-31-32-27(37-26)23-7-5-6-22-21(23)9-10-24(22)30-28(35)34-13-12-20(16-34)33(3)4/h5-8,11,14,17,20,24H,9-10,12-13,16H2,1-4H3,(H,30,35). The van der Waals surface area contributed by atoms with Crippen LogP contribution in [-0.4, -0.2) is 65.4 Å². The largest absolute Gasteiger partial charge is 0.490 e. The number of likely N-dealkylation sites (tertiary alicyclic amines) is 1. The molecule has 2 unspecified atom stereocenters. The summed E-state index contributed by atoms with van der Waals surface area (Å²) in [6.45, 7) is 5.44. The molecule has 3 aromatic rings. The Morgan fingerprint density at radius 3 is 2.76 bits per heavy atom. The van der Waals surface area contributed by atoms with Gasteiger partial charge in [-0.25, -0.2) is 4.79 Å². The van der Waals surface area contributed by atoms with Gasteiger partial charge >= 0.3 is 6.03 Å². The smallest absolute Gasteiger partial charge is 0.317 e. The second-order valence-electron chi connectivity index (χ2n) is 10.2. The zero-order valence-electron chi connectivity index (χ0n) is 21.7. The van der Waals surface area contributed by atoms with E-state index in [9.17, 15) is 10.1 Å². The minimum absolute atomic E-state index is 0.0000589. The molecule has 192 valence electrons. The molecule has 0 spiro atoms. The van der Waals surface area contributed by atoms with Crippen molar-refractivity contribution in [1.29, 1.82) is 5.26 Å². The zero-order chi connectivity index (χ0) is 26.1. The summed E-state index contributed by atoms with van der Waals surface area (Å²) in [4.78, 5) is 17.1. The third kappa shape index (κ3) is 5.17. The highest BCUT2D eigenvalue weighted by atomic mass is 32.1. The van der Waals surface area contributed by atoms with Crippen molar-refractivity contribution in [3.8, 4) is 33.0 Å². The molecule has 0 bridgehead atoms. The lowest BCUT2D eigenvalue weighted by atomic mass is 10.0. The molecule has 1 aliphatic carbocycles. The predicted molar refractivity (Wildman–Crippen MR) is 145 cm³/mol. The Hall–Kier alpha value is -3.48. The lowest BCUT2D eigenvalue weighted by Crippen LogP contribution is -2.41. The van der Waals surface area contributed by atoms with Gasteiger partial charge in [-0.05, 0) is 76.5 Å². The number of hydrogen-bond donors (Lipinski definition) is 1. The highest BCUT2D eigenvalue weighted by Gasteiger charge is 2.32. The van der Waals surface area contributed by atoms with Crippen LogP contribution in [0.15, 0.2) is 36.4 Å². The lowest BCUT2D eigenvalue weighted by molar-refractivity contribution is 0.199. The number of benzene rings is 2. The van der Waals surface area contributed by atoms with E-state index in [0.29, 0.717) is 17.4 Å². The highest BCUT2D eigenvalue weighted by Crippen LogP contribution is 2.40. The van der Waals surface area contributed by atoms with E-state index in [4.69, 9.17) is 4.74 Å². The molecule has 9 heteroatoms. The van der Waals surface area contributed by atoms with Crippen molar-refractivity contribution in [1.82, 2.24) is 25.3 Å². The van der Waals surface area contributed by atoms with E-state index in [1.54, 1.807) is 0 Å². The number of carbonyl (C=O) groups excluding carboxylic acids is 1. The summed E-state index contributed by atoms with van der Waals surface area (Å²) in [5, 5.41) is 23.4. The van der Waals surface area contributed by atoms with E-state index in [2.05, 4.69) is 52.7 Å². The third-order valence-corrected chi connectivity index (χ3v) is 8.12. The van der Waals surface area contributed by atoms with Gasteiger partial charge in [0.2, 0.25) is 0 Å². The van der Waals surface area contributed by atoms with Crippen LogP contribution in [0.1, 0.15) is 49.4 Å². The SMILES string of the molecule is CC(C)Oc1ccc(-c2nnc(-c3cccc4c3CCC4NC(=O)N3CCC(N(C)C)C3)s2)cc1C#N. The first-order valence-electron chi connectivity index (χ1n) is 12.7. The van der Waals surface area contributed by atoms with Crippen LogP contribution in [0, 0.1) is 11.3 Å². The fourth-order valence-electron chi connectivity index (χ4n) is 5.15.